The summed E-state index contributed by atoms with van der Waals surface area (Å²) in [6.45, 7) is 5.71. The number of aromatic nitrogens is 2. The highest BCUT2D eigenvalue weighted by molar-refractivity contribution is 5.42. The van der Waals surface area contributed by atoms with Crippen molar-refractivity contribution in [2.24, 2.45) is 5.92 Å². The summed E-state index contributed by atoms with van der Waals surface area (Å²) in [4.78, 5) is 2.10. The van der Waals surface area contributed by atoms with E-state index in [1.165, 1.54) is 12.1 Å². The summed E-state index contributed by atoms with van der Waals surface area (Å²) in [5.41, 5.74) is 3.62. The first kappa shape index (κ1) is 17.1. The number of benzene rings is 1. The fourth-order valence-corrected chi connectivity index (χ4v) is 3.40. The van der Waals surface area contributed by atoms with Crippen LogP contribution in [0.4, 0.5) is 4.39 Å². The zero-order chi connectivity index (χ0) is 17.3. The van der Waals surface area contributed by atoms with E-state index >= 15 is 0 Å². The number of halogens is 1. The zero-order valence-corrected chi connectivity index (χ0v) is 14.1. The van der Waals surface area contributed by atoms with Gasteiger partial charge in [-0.2, -0.15) is 5.10 Å². The molecular formula is C18H24FN3O2. The second-order valence-electron chi connectivity index (χ2n) is 6.65. The second-order valence-corrected chi connectivity index (χ2v) is 6.65. The van der Waals surface area contributed by atoms with Gasteiger partial charge in [0.2, 0.25) is 0 Å². The Morgan fingerprint density at radius 2 is 2.08 bits per heavy atom. The first-order valence-corrected chi connectivity index (χ1v) is 8.31. The predicted molar refractivity (Wildman–Crippen MR) is 89.5 cm³/mol. The first-order valence-electron chi connectivity index (χ1n) is 8.31. The molecule has 0 amide bonds. The van der Waals surface area contributed by atoms with Crippen molar-refractivity contribution in [2.45, 2.75) is 32.9 Å². The Morgan fingerprint density at radius 3 is 2.71 bits per heavy atom. The SMILES string of the molecule is Cc1cc(C)n(-c2ccc(F)cc2CN2CC[C@H](CO)[C@H](O)C2)n1. The van der Waals surface area contributed by atoms with Crippen LogP contribution in [0.25, 0.3) is 5.69 Å². The molecule has 1 aliphatic rings. The number of hydrogen-bond donors (Lipinski definition) is 2. The molecule has 5 nitrogen and oxygen atoms in total. The van der Waals surface area contributed by atoms with Gasteiger partial charge in [0.1, 0.15) is 5.82 Å². The van der Waals surface area contributed by atoms with Crippen LogP contribution in [-0.4, -0.2) is 50.7 Å². The standard InChI is InChI=1S/C18H24FN3O2/c1-12-7-13(2)22(20-12)17-4-3-16(19)8-15(17)9-21-6-5-14(11-23)18(24)10-21/h3-4,7-8,14,18,23-24H,5-6,9-11H2,1-2H3/t14-,18-/m1/s1. The van der Waals surface area contributed by atoms with Gasteiger partial charge in [-0.3, -0.25) is 4.90 Å². The Balaban J connectivity index is 1.85. The van der Waals surface area contributed by atoms with Gasteiger partial charge in [-0.05, 0) is 56.6 Å². The van der Waals surface area contributed by atoms with Gasteiger partial charge >= 0.3 is 0 Å². The van der Waals surface area contributed by atoms with Crippen molar-refractivity contribution in [3.63, 3.8) is 0 Å². The van der Waals surface area contributed by atoms with Crippen LogP contribution in [0, 0.1) is 25.6 Å². The van der Waals surface area contributed by atoms with Gasteiger partial charge in [0.05, 0.1) is 17.5 Å². The quantitative estimate of drug-likeness (QED) is 0.896. The number of nitrogens with zero attached hydrogens (tertiary/aromatic N) is 3. The Hall–Kier alpha value is -1.76. The molecule has 0 spiro atoms. The predicted octanol–water partition coefficient (Wildman–Crippen LogP) is 1.80. The number of aliphatic hydroxyl groups is 2. The molecule has 6 heteroatoms. The number of likely N-dealkylation sites (tertiary alicyclic amines) is 1. The van der Waals surface area contributed by atoms with Crippen LogP contribution in [0.2, 0.25) is 0 Å². The third kappa shape index (κ3) is 3.50. The number of rotatable bonds is 4. The summed E-state index contributed by atoms with van der Waals surface area (Å²) >= 11 is 0. The molecule has 0 aliphatic carbocycles. The van der Waals surface area contributed by atoms with E-state index < -0.39 is 6.10 Å². The van der Waals surface area contributed by atoms with Crippen molar-refractivity contribution in [2.75, 3.05) is 19.7 Å². The molecule has 1 aliphatic heterocycles. The fraction of sp³-hybridized carbons (Fsp3) is 0.500. The molecule has 24 heavy (non-hydrogen) atoms. The van der Waals surface area contributed by atoms with Gasteiger partial charge in [0, 0.05) is 31.3 Å². The maximum atomic E-state index is 13.8. The topological polar surface area (TPSA) is 61.5 Å². The smallest absolute Gasteiger partial charge is 0.123 e. The summed E-state index contributed by atoms with van der Waals surface area (Å²) in [6, 6.07) is 6.73. The molecule has 1 aromatic carbocycles. The lowest BCUT2D eigenvalue weighted by Gasteiger charge is -2.35. The van der Waals surface area contributed by atoms with Crippen molar-refractivity contribution in [3.8, 4) is 5.69 Å². The van der Waals surface area contributed by atoms with Crippen LogP contribution in [0.3, 0.4) is 0 Å². The minimum atomic E-state index is -0.547. The lowest BCUT2D eigenvalue weighted by Crippen LogP contribution is -2.44. The van der Waals surface area contributed by atoms with E-state index in [9.17, 15) is 14.6 Å². The largest absolute Gasteiger partial charge is 0.396 e. The third-order valence-electron chi connectivity index (χ3n) is 4.71. The molecule has 2 N–H and O–H groups in total. The summed E-state index contributed by atoms with van der Waals surface area (Å²) < 4.78 is 15.6. The van der Waals surface area contributed by atoms with E-state index in [4.69, 9.17) is 0 Å². The highest BCUT2D eigenvalue weighted by Crippen LogP contribution is 2.23. The van der Waals surface area contributed by atoms with Gasteiger partial charge in [0.15, 0.2) is 0 Å². The molecule has 0 saturated carbocycles. The van der Waals surface area contributed by atoms with E-state index in [1.54, 1.807) is 6.07 Å². The van der Waals surface area contributed by atoms with Crippen molar-refractivity contribution >= 4 is 0 Å². The monoisotopic (exact) mass is 333 g/mol. The molecule has 0 radical (unpaired) electrons. The Labute approximate surface area is 141 Å². The summed E-state index contributed by atoms with van der Waals surface area (Å²) in [5.74, 6) is -0.342. The summed E-state index contributed by atoms with van der Waals surface area (Å²) in [6.07, 6.45) is 0.192. The molecule has 2 atom stereocenters. The maximum absolute atomic E-state index is 13.8. The Morgan fingerprint density at radius 1 is 1.29 bits per heavy atom. The minimum Gasteiger partial charge on any atom is -0.396 e. The normalized spacial score (nSPS) is 22.0. The van der Waals surface area contributed by atoms with Crippen LogP contribution in [0.1, 0.15) is 23.4 Å². The molecule has 1 aromatic heterocycles. The highest BCUT2D eigenvalue weighted by Gasteiger charge is 2.27. The van der Waals surface area contributed by atoms with Crippen molar-refractivity contribution in [3.05, 3.63) is 47.0 Å². The summed E-state index contributed by atoms with van der Waals surface area (Å²) in [7, 11) is 0. The molecule has 3 rings (SSSR count). The Kier molecular flexibility index (Phi) is 4.99. The van der Waals surface area contributed by atoms with Crippen LogP contribution in [0.5, 0.6) is 0 Å². The fourth-order valence-electron chi connectivity index (χ4n) is 3.40. The van der Waals surface area contributed by atoms with E-state index in [2.05, 4.69) is 10.00 Å². The van der Waals surface area contributed by atoms with E-state index in [0.717, 1.165) is 35.6 Å². The zero-order valence-electron chi connectivity index (χ0n) is 14.1. The molecule has 2 heterocycles. The van der Waals surface area contributed by atoms with Crippen LogP contribution in [-0.2, 0) is 6.54 Å². The number of hydrogen-bond acceptors (Lipinski definition) is 4. The van der Waals surface area contributed by atoms with E-state index in [1.807, 2.05) is 24.6 Å². The lowest BCUT2D eigenvalue weighted by molar-refractivity contribution is -0.00447. The molecular weight excluding hydrogens is 309 g/mol. The maximum Gasteiger partial charge on any atom is 0.123 e. The minimum absolute atomic E-state index is 0.00593. The van der Waals surface area contributed by atoms with Crippen molar-refractivity contribution in [1.29, 1.82) is 0 Å². The average Bonchev–Trinajstić information content (AvgIpc) is 2.86. The summed E-state index contributed by atoms with van der Waals surface area (Å²) in [5, 5.41) is 23.9. The van der Waals surface area contributed by atoms with Gasteiger partial charge in [-0.15, -0.1) is 0 Å². The number of piperidine rings is 1. The molecule has 0 unspecified atom stereocenters. The van der Waals surface area contributed by atoms with Crippen LogP contribution in [0.15, 0.2) is 24.3 Å². The molecule has 0 bridgehead atoms. The molecule has 1 fully saturated rings. The van der Waals surface area contributed by atoms with E-state index in [-0.39, 0.29) is 18.3 Å². The number of aryl methyl sites for hydroxylation is 2. The lowest BCUT2D eigenvalue weighted by atomic mass is 9.94. The first-order chi connectivity index (χ1) is 11.5. The van der Waals surface area contributed by atoms with Crippen LogP contribution >= 0.6 is 0 Å². The molecule has 130 valence electrons. The number of β-amino-alcohol motifs (C(OH)–C–C–N with tert-alkyl or cyclic N) is 1. The number of aliphatic hydroxyl groups excluding tert-OH is 2. The highest BCUT2D eigenvalue weighted by atomic mass is 19.1. The Bertz CT molecular complexity index is 716. The van der Waals surface area contributed by atoms with Gasteiger partial charge in [-0.25, -0.2) is 9.07 Å². The average molecular weight is 333 g/mol. The van der Waals surface area contributed by atoms with Crippen molar-refractivity contribution in [1.82, 2.24) is 14.7 Å². The second kappa shape index (κ2) is 7.01. The molecule has 2 aromatic rings. The van der Waals surface area contributed by atoms with E-state index in [0.29, 0.717) is 13.1 Å². The van der Waals surface area contributed by atoms with Crippen LogP contribution < -0.4 is 0 Å². The van der Waals surface area contributed by atoms with Crippen molar-refractivity contribution < 1.29 is 14.6 Å². The third-order valence-corrected chi connectivity index (χ3v) is 4.71. The molecule has 1 saturated heterocycles. The van der Waals surface area contributed by atoms with Gasteiger partial charge in [0.25, 0.3) is 0 Å². The van der Waals surface area contributed by atoms with Gasteiger partial charge < -0.3 is 10.2 Å². The van der Waals surface area contributed by atoms with Gasteiger partial charge in [-0.1, -0.05) is 0 Å².